The highest BCUT2D eigenvalue weighted by atomic mass is 35.5. The van der Waals surface area contributed by atoms with E-state index in [2.05, 4.69) is 10.4 Å². The lowest BCUT2D eigenvalue weighted by Gasteiger charge is -2.40. The lowest BCUT2D eigenvalue weighted by Crippen LogP contribution is -2.55. The molecule has 94 valence electrons. The average Bonchev–Trinajstić information content (AvgIpc) is 2.65. The van der Waals surface area contributed by atoms with E-state index in [1.165, 1.54) is 0 Å². The molecule has 2 rings (SSSR count). The summed E-state index contributed by atoms with van der Waals surface area (Å²) < 4.78 is 1.63. The molecule has 0 spiro atoms. The van der Waals surface area contributed by atoms with E-state index < -0.39 is 0 Å². The molecular weight excluding hydrogens is 238 g/mol. The first-order chi connectivity index (χ1) is 8.10. The van der Waals surface area contributed by atoms with Crippen molar-refractivity contribution in [3.63, 3.8) is 0 Å². The van der Waals surface area contributed by atoms with Gasteiger partial charge in [-0.1, -0.05) is 6.92 Å². The largest absolute Gasteiger partial charge is 0.344 e. The van der Waals surface area contributed by atoms with Gasteiger partial charge in [0.05, 0.1) is 11.2 Å². The van der Waals surface area contributed by atoms with Crippen LogP contribution in [0.25, 0.3) is 0 Å². The summed E-state index contributed by atoms with van der Waals surface area (Å²) in [6, 6.07) is 1.84. The minimum absolute atomic E-state index is 0.0694. The van der Waals surface area contributed by atoms with Crippen molar-refractivity contribution in [2.45, 2.75) is 38.1 Å². The highest BCUT2D eigenvalue weighted by Crippen LogP contribution is 2.33. The quantitative estimate of drug-likeness (QED) is 0.835. The summed E-state index contributed by atoms with van der Waals surface area (Å²) in [5.74, 6) is 0.414. The average molecular weight is 256 g/mol. The van der Waals surface area contributed by atoms with Crippen LogP contribution in [-0.2, 0) is 13.5 Å². The molecule has 0 saturated heterocycles. The third-order valence-corrected chi connectivity index (χ3v) is 3.98. The van der Waals surface area contributed by atoms with Gasteiger partial charge in [-0.3, -0.25) is 9.48 Å². The SMILES string of the molecule is CCc1cc(C(=O)NC2(CCl)CCC2)n(C)n1. The summed E-state index contributed by atoms with van der Waals surface area (Å²) in [4.78, 5) is 12.1. The fraction of sp³-hybridized carbons (Fsp3) is 0.667. The van der Waals surface area contributed by atoms with E-state index in [-0.39, 0.29) is 11.4 Å². The highest BCUT2D eigenvalue weighted by Gasteiger charge is 2.38. The van der Waals surface area contributed by atoms with Crippen LogP contribution in [0.2, 0.25) is 0 Å². The van der Waals surface area contributed by atoms with E-state index in [1.54, 1.807) is 11.7 Å². The van der Waals surface area contributed by atoms with Crippen LogP contribution in [0.15, 0.2) is 6.07 Å². The van der Waals surface area contributed by atoms with Crippen molar-refractivity contribution in [1.82, 2.24) is 15.1 Å². The summed E-state index contributed by atoms with van der Waals surface area (Å²) in [5.41, 5.74) is 1.36. The lowest BCUT2D eigenvalue weighted by molar-refractivity contribution is 0.0844. The molecule has 17 heavy (non-hydrogen) atoms. The molecule has 1 saturated carbocycles. The lowest BCUT2D eigenvalue weighted by atomic mass is 9.78. The van der Waals surface area contributed by atoms with E-state index in [9.17, 15) is 4.79 Å². The van der Waals surface area contributed by atoms with Gasteiger partial charge in [0.1, 0.15) is 5.69 Å². The summed E-state index contributed by atoms with van der Waals surface area (Å²) >= 11 is 5.93. The number of amides is 1. The number of nitrogens with one attached hydrogen (secondary N) is 1. The van der Waals surface area contributed by atoms with Crippen molar-refractivity contribution < 1.29 is 4.79 Å². The maximum Gasteiger partial charge on any atom is 0.270 e. The molecule has 0 unspecified atom stereocenters. The normalized spacial score (nSPS) is 17.6. The van der Waals surface area contributed by atoms with Gasteiger partial charge in [-0.2, -0.15) is 5.10 Å². The number of aryl methyl sites for hydroxylation is 2. The Bertz CT molecular complexity index is 418. The molecule has 0 aliphatic heterocycles. The minimum Gasteiger partial charge on any atom is -0.344 e. The van der Waals surface area contributed by atoms with Gasteiger partial charge in [0.15, 0.2) is 0 Å². The fourth-order valence-corrected chi connectivity index (χ4v) is 2.45. The number of alkyl halides is 1. The number of rotatable bonds is 4. The molecule has 1 fully saturated rings. The number of halogens is 1. The van der Waals surface area contributed by atoms with Crippen molar-refractivity contribution >= 4 is 17.5 Å². The first-order valence-corrected chi connectivity index (χ1v) is 6.55. The van der Waals surface area contributed by atoms with Gasteiger partial charge in [0.25, 0.3) is 5.91 Å². The van der Waals surface area contributed by atoms with Gasteiger partial charge in [0, 0.05) is 12.9 Å². The first kappa shape index (κ1) is 12.4. The molecule has 1 amide bonds. The van der Waals surface area contributed by atoms with E-state index in [0.29, 0.717) is 11.6 Å². The molecule has 1 aromatic rings. The van der Waals surface area contributed by atoms with Crippen LogP contribution in [0.3, 0.4) is 0 Å². The second-order valence-corrected chi connectivity index (χ2v) is 4.99. The van der Waals surface area contributed by atoms with Crippen LogP contribution in [-0.4, -0.2) is 27.1 Å². The number of aromatic nitrogens is 2. The summed E-state index contributed by atoms with van der Waals surface area (Å²) in [5, 5.41) is 7.32. The molecule has 4 nitrogen and oxygen atoms in total. The van der Waals surface area contributed by atoms with Gasteiger partial charge >= 0.3 is 0 Å². The Labute approximate surface area is 106 Å². The maximum absolute atomic E-state index is 12.1. The second kappa shape index (κ2) is 4.69. The topological polar surface area (TPSA) is 46.9 Å². The maximum atomic E-state index is 12.1. The molecule has 1 aromatic heterocycles. The smallest absolute Gasteiger partial charge is 0.270 e. The van der Waals surface area contributed by atoms with Crippen molar-refractivity contribution in [3.05, 3.63) is 17.5 Å². The summed E-state index contributed by atoms with van der Waals surface area (Å²) in [7, 11) is 1.79. The second-order valence-electron chi connectivity index (χ2n) is 4.72. The Morgan fingerprint density at radius 2 is 2.35 bits per heavy atom. The van der Waals surface area contributed by atoms with E-state index in [1.807, 2.05) is 13.0 Å². The number of carbonyl (C=O) groups excluding carboxylic acids is 1. The molecule has 1 aliphatic carbocycles. The minimum atomic E-state index is -0.185. The van der Waals surface area contributed by atoms with Crippen LogP contribution in [0.5, 0.6) is 0 Å². The summed E-state index contributed by atoms with van der Waals surface area (Å²) in [6.07, 6.45) is 3.92. The number of hydrogen-bond acceptors (Lipinski definition) is 2. The van der Waals surface area contributed by atoms with Crippen molar-refractivity contribution in [1.29, 1.82) is 0 Å². The van der Waals surface area contributed by atoms with Gasteiger partial charge in [-0.05, 0) is 31.7 Å². The predicted molar refractivity (Wildman–Crippen MR) is 67.4 cm³/mol. The van der Waals surface area contributed by atoms with E-state index in [0.717, 1.165) is 31.4 Å². The zero-order valence-electron chi connectivity index (χ0n) is 10.3. The molecule has 1 N–H and O–H groups in total. The molecule has 0 aromatic carbocycles. The van der Waals surface area contributed by atoms with E-state index >= 15 is 0 Å². The third-order valence-electron chi connectivity index (χ3n) is 3.47. The van der Waals surface area contributed by atoms with Crippen molar-refractivity contribution in [2.24, 2.45) is 7.05 Å². The van der Waals surface area contributed by atoms with Gasteiger partial charge in [0.2, 0.25) is 0 Å². The molecule has 5 heteroatoms. The number of nitrogens with zero attached hydrogens (tertiary/aromatic N) is 2. The fourth-order valence-electron chi connectivity index (χ4n) is 2.11. The number of hydrogen-bond donors (Lipinski definition) is 1. The van der Waals surface area contributed by atoms with Gasteiger partial charge < -0.3 is 5.32 Å². The van der Waals surface area contributed by atoms with Crippen LogP contribution in [0.1, 0.15) is 42.4 Å². The van der Waals surface area contributed by atoms with Crippen LogP contribution in [0.4, 0.5) is 0 Å². The van der Waals surface area contributed by atoms with Crippen LogP contribution in [0, 0.1) is 0 Å². The standard InChI is InChI=1S/C12H18ClN3O/c1-3-9-7-10(16(2)15-9)11(17)14-12(8-13)5-4-6-12/h7H,3-6,8H2,1-2H3,(H,14,17). The van der Waals surface area contributed by atoms with Crippen molar-refractivity contribution in [3.8, 4) is 0 Å². The Hall–Kier alpha value is -1.03. The first-order valence-electron chi connectivity index (χ1n) is 6.01. The Balaban J connectivity index is 2.11. The van der Waals surface area contributed by atoms with Crippen LogP contribution >= 0.6 is 11.6 Å². The van der Waals surface area contributed by atoms with Gasteiger partial charge in [-0.15, -0.1) is 11.6 Å². The van der Waals surface area contributed by atoms with Crippen molar-refractivity contribution in [2.75, 3.05) is 5.88 Å². The Morgan fingerprint density at radius 3 is 2.76 bits per heavy atom. The molecule has 1 aliphatic rings. The molecular formula is C12H18ClN3O. The molecule has 0 bridgehead atoms. The third kappa shape index (κ3) is 2.32. The zero-order chi connectivity index (χ0) is 12.5. The Kier molecular flexibility index (Phi) is 3.43. The van der Waals surface area contributed by atoms with E-state index in [4.69, 9.17) is 11.6 Å². The summed E-state index contributed by atoms with van der Waals surface area (Å²) in [6.45, 7) is 2.02. The monoisotopic (exact) mass is 255 g/mol. The van der Waals surface area contributed by atoms with Gasteiger partial charge in [-0.25, -0.2) is 0 Å². The Morgan fingerprint density at radius 1 is 1.65 bits per heavy atom. The highest BCUT2D eigenvalue weighted by molar-refractivity contribution is 6.19. The molecule has 1 heterocycles. The zero-order valence-corrected chi connectivity index (χ0v) is 11.0. The molecule has 0 radical (unpaired) electrons. The van der Waals surface area contributed by atoms with Crippen LogP contribution < -0.4 is 5.32 Å². The molecule has 0 atom stereocenters. The number of carbonyl (C=O) groups is 1. The predicted octanol–water partition coefficient (Wildman–Crippen LogP) is 1.87.